The van der Waals surface area contributed by atoms with Gasteiger partial charge in [0.2, 0.25) is 0 Å². The van der Waals surface area contributed by atoms with Crippen LogP contribution in [0.3, 0.4) is 0 Å². The number of pyridine rings is 1. The van der Waals surface area contributed by atoms with Crippen molar-refractivity contribution < 1.29 is 9.84 Å². The van der Waals surface area contributed by atoms with E-state index in [0.717, 1.165) is 33.5 Å². The lowest BCUT2D eigenvalue weighted by Gasteiger charge is -2.17. The van der Waals surface area contributed by atoms with E-state index >= 15 is 0 Å². The van der Waals surface area contributed by atoms with Crippen molar-refractivity contribution in [1.82, 2.24) is 19.7 Å². The maximum absolute atomic E-state index is 10.6. The number of hydrogen-bond acceptors (Lipinski definition) is 6. The number of aromatic nitrogens is 4. The SMILES string of the molecule is Cc1cccc(OCC(O)CSc2nnc(-c3cccnc3)n2-c2ccccc2C(C)C)c1. The van der Waals surface area contributed by atoms with Gasteiger partial charge in [-0.2, -0.15) is 0 Å². The van der Waals surface area contributed by atoms with E-state index in [1.807, 2.05) is 55.5 Å². The van der Waals surface area contributed by atoms with E-state index in [2.05, 4.69) is 45.7 Å². The lowest BCUT2D eigenvalue weighted by molar-refractivity contribution is 0.126. The zero-order valence-electron chi connectivity index (χ0n) is 19.0. The van der Waals surface area contributed by atoms with Crippen LogP contribution in [0.2, 0.25) is 0 Å². The average Bonchev–Trinajstić information content (AvgIpc) is 3.26. The molecule has 1 unspecified atom stereocenters. The smallest absolute Gasteiger partial charge is 0.196 e. The summed E-state index contributed by atoms with van der Waals surface area (Å²) in [4.78, 5) is 4.25. The predicted octanol–water partition coefficient (Wildman–Crippen LogP) is 5.29. The van der Waals surface area contributed by atoms with Crippen molar-refractivity contribution in [2.45, 2.75) is 37.9 Å². The Kier molecular flexibility index (Phi) is 7.42. The van der Waals surface area contributed by atoms with Crippen LogP contribution < -0.4 is 4.74 Å². The summed E-state index contributed by atoms with van der Waals surface area (Å²) in [5.74, 6) is 2.24. The molecule has 0 spiro atoms. The second-order valence-corrected chi connectivity index (χ2v) is 9.18. The molecule has 2 aromatic carbocycles. The van der Waals surface area contributed by atoms with E-state index in [-0.39, 0.29) is 6.61 Å². The van der Waals surface area contributed by atoms with Crippen molar-refractivity contribution in [3.8, 4) is 22.8 Å². The first-order valence-electron chi connectivity index (χ1n) is 11.0. The fourth-order valence-electron chi connectivity index (χ4n) is 3.56. The second-order valence-electron chi connectivity index (χ2n) is 8.19. The van der Waals surface area contributed by atoms with E-state index in [1.165, 1.54) is 17.3 Å². The Hall–Kier alpha value is -3.16. The molecule has 0 radical (unpaired) electrons. The molecule has 0 amide bonds. The summed E-state index contributed by atoms with van der Waals surface area (Å²) >= 11 is 1.46. The summed E-state index contributed by atoms with van der Waals surface area (Å²) < 4.78 is 7.82. The number of aliphatic hydroxyl groups excluding tert-OH is 1. The predicted molar refractivity (Wildman–Crippen MR) is 132 cm³/mol. The van der Waals surface area contributed by atoms with Gasteiger partial charge >= 0.3 is 0 Å². The minimum atomic E-state index is -0.650. The van der Waals surface area contributed by atoms with Crippen molar-refractivity contribution in [2.24, 2.45) is 0 Å². The van der Waals surface area contributed by atoms with Gasteiger partial charge in [0.05, 0.1) is 11.8 Å². The van der Waals surface area contributed by atoms with Gasteiger partial charge in [-0.15, -0.1) is 10.2 Å². The zero-order valence-corrected chi connectivity index (χ0v) is 19.9. The second kappa shape index (κ2) is 10.6. The Labute approximate surface area is 198 Å². The number of aliphatic hydroxyl groups is 1. The lowest BCUT2D eigenvalue weighted by atomic mass is 10.0. The van der Waals surface area contributed by atoms with Crippen LogP contribution in [0.15, 0.2) is 78.2 Å². The first-order valence-corrected chi connectivity index (χ1v) is 12.0. The third-order valence-corrected chi connectivity index (χ3v) is 6.26. The van der Waals surface area contributed by atoms with Crippen molar-refractivity contribution in [2.75, 3.05) is 12.4 Å². The molecule has 0 saturated carbocycles. The van der Waals surface area contributed by atoms with Gasteiger partial charge in [-0.3, -0.25) is 9.55 Å². The average molecular weight is 461 g/mol. The molecule has 4 rings (SSSR count). The molecular weight excluding hydrogens is 432 g/mol. The molecular formula is C26H28N4O2S. The molecule has 0 fully saturated rings. The summed E-state index contributed by atoms with van der Waals surface area (Å²) in [5, 5.41) is 20.2. The minimum Gasteiger partial charge on any atom is -0.491 e. The molecule has 0 aliphatic rings. The minimum absolute atomic E-state index is 0.211. The number of para-hydroxylation sites is 1. The van der Waals surface area contributed by atoms with Crippen LogP contribution in [0.25, 0.3) is 17.1 Å². The molecule has 6 nitrogen and oxygen atoms in total. The van der Waals surface area contributed by atoms with Gasteiger partial charge in [0, 0.05) is 23.7 Å². The highest BCUT2D eigenvalue weighted by Crippen LogP contribution is 2.32. The number of aryl methyl sites for hydroxylation is 1. The Balaban J connectivity index is 1.58. The fourth-order valence-corrected chi connectivity index (χ4v) is 4.41. The summed E-state index contributed by atoms with van der Waals surface area (Å²) in [6.07, 6.45) is 2.88. The molecule has 33 heavy (non-hydrogen) atoms. The zero-order chi connectivity index (χ0) is 23.2. The van der Waals surface area contributed by atoms with Crippen LogP contribution in [0.1, 0.15) is 30.9 Å². The quantitative estimate of drug-likeness (QED) is 0.342. The number of nitrogens with zero attached hydrogens (tertiary/aromatic N) is 4. The van der Waals surface area contributed by atoms with E-state index in [9.17, 15) is 5.11 Å². The summed E-state index contributed by atoms with van der Waals surface area (Å²) in [6.45, 7) is 6.57. The van der Waals surface area contributed by atoms with E-state index in [4.69, 9.17) is 4.74 Å². The molecule has 4 aromatic rings. The third-order valence-electron chi connectivity index (χ3n) is 5.19. The number of rotatable bonds is 9. The third kappa shape index (κ3) is 5.61. The molecule has 0 saturated heterocycles. The number of thioether (sulfide) groups is 1. The van der Waals surface area contributed by atoms with Gasteiger partial charge < -0.3 is 9.84 Å². The monoisotopic (exact) mass is 460 g/mol. The van der Waals surface area contributed by atoms with Crippen LogP contribution in [-0.4, -0.2) is 43.3 Å². The molecule has 2 aromatic heterocycles. The van der Waals surface area contributed by atoms with Crippen LogP contribution in [0.4, 0.5) is 0 Å². The lowest BCUT2D eigenvalue weighted by Crippen LogP contribution is -2.20. The highest BCUT2D eigenvalue weighted by Gasteiger charge is 2.20. The Morgan fingerprint density at radius 3 is 2.64 bits per heavy atom. The first kappa shape index (κ1) is 23.0. The molecule has 1 atom stereocenters. The largest absolute Gasteiger partial charge is 0.491 e. The molecule has 170 valence electrons. The van der Waals surface area contributed by atoms with Crippen molar-refractivity contribution in [1.29, 1.82) is 0 Å². The molecule has 0 aliphatic heterocycles. The molecule has 0 bridgehead atoms. The van der Waals surface area contributed by atoms with E-state index in [1.54, 1.807) is 12.4 Å². The van der Waals surface area contributed by atoms with Crippen LogP contribution >= 0.6 is 11.8 Å². The Bertz CT molecular complexity index is 1190. The van der Waals surface area contributed by atoms with E-state index < -0.39 is 6.10 Å². The van der Waals surface area contributed by atoms with Gasteiger partial charge in [0.25, 0.3) is 0 Å². The van der Waals surface area contributed by atoms with Crippen molar-refractivity contribution >= 4 is 11.8 Å². The topological polar surface area (TPSA) is 73.1 Å². The highest BCUT2D eigenvalue weighted by atomic mass is 32.2. The van der Waals surface area contributed by atoms with Gasteiger partial charge in [-0.1, -0.05) is 55.9 Å². The van der Waals surface area contributed by atoms with Crippen LogP contribution in [-0.2, 0) is 0 Å². The Morgan fingerprint density at radius 1 is 1.03 bits per heavy atom. The summed E-state index contributed by atoms with van der Waals surface area (Å²) in [6, 6.07) is 20.0. The van der Waals surface area contributed by atoms with Crippen molar-refractivity contribution in [3.05, 3.63) is 84.2 Å². The van der Waals surface area contributed by atoms with Crippen LogP contribution in [0, 0.1) is 6.92 Å². The highest BCUT2D eigenvalue weighted by molar-refractivity contribution is 7.99. The number of benzene rings is 2. The van der Waals surface area contributed by atoms with E-state index in [0.29, 0.717) is 11.7 Å². The van der Waals surface area contributed by atoms with Gasteiger partial charge in [-0.05, 0) is 54.3 Å². The maximum atomic E-state index is 10.6. The van der Waals surface area contributed by atoms with Gasteiger partial charge in [0.1, 0.15) is 12.4 Å². The molecule has 1 N–H and O–H groups in total. The normalized spacial score (nSPS) is 12.2. The van der Waals surface area contributed by atoms with Gasteiger partial charge in [0.15, 0.2) is 11.0 Å². The number of ether oxygens (including phenoxy) is 1. The van der Waals surface area contributed by atoms with Crippen molar-refractivity contribution in [3.63, 3.8) is 0 Å². The Morgan fingerprint density at radius 2 is 1.88 bits per heavy atom. The fraction of sp³-hybridized carbons (Fsp3) is 0.269. The number of hydrogen-bond donors (Lipinski definition) is 1. The molecule has 7 heteroatoms. The van der Waals surface area contributed by atoms with Gasteiger partial charge in [-0.25, -0.2) is 0 Å². The first-order chi connectivity index (χ1) is 16.0. The molecule has 0 aliphatic carbocycles. The standard InChI is InChI=1S/C26H28N4O2S/c1-18(2)23-11-4-5-12-24(23)30-25(20-9-7-13-27-15-20)28-29-26(30)33-17-21(31)16-32-22-10-6-8-19(3)14-22/h4-15,18,21,31H,16-17H2,1-3H3. The molecule has 2 heterocycles. The van der Waals surface area contributed by atoms with Crippen LogP contribution in [0.5, 0.6) is 5.75 Å². The maximum Gasteiger partial charge on any atom is 0.196 e. The summed E-state index contributed by atoms with van der Waals surface area (Å²) in [5.41, 5.74) is 4.24. The summed E-state index contributed by atoms with van der Waals surface area (Å²) in [7, 11) is 0.